The van der Waals surface area contributed by atoms with Crippen molar-refractivity contribution < 1.29 is 9.53 Å². The van der Waals surface area contributed by atoms with Crippen LogP contribution in [0.2, 0.25) is 0 Å². The van der Waals surface area contributed by atoms with E-state index in [2.05, 4.69) is 30.3 Å². The van der Waals surface area contributed by atoms with Crippen molar-refractivity contribution in [2.45, 2.75) is 26.3 Å². The van der Waals surface area contributed by atoms with Crippen molar-refractivity contribution in [1.29, 1.82) is 0 Å². The summed E-state index contributed by atoms with van der Waals surface area (Å²) < 4.78 is 5.43. The normalized spacial score (nSPS) is 16.9. The van der Waals surface area contributed by atoms with E-state index in [9.17, 15) is 4.79 Å². The summed E-state index contributed by atoms with van der Waals surface area (Å²) in [5.41, 5.74) is 6.70. The van der Waals surface area contributed by atoms with Gasteiger partial charge in [-0.15, -0.1) is 0 Å². The molecule has 2 aromatic carbocycles. The first-order valence-corrected chi connectivity index (χ1v) is 8.73. The Morgan fingerprint density at radius 2 is 1.88 bits per heavy atom. The Bertz CT molecular complexity index is 708. The standard InChI is InChI=1S/C20H26N2O2/c1-2-22(19(23)20(15-21)9-11-24-12-10-20)14-16-7-8-17-5-3-4-6-18(17)13-16/h3-8,13H,2,9-12,14-15,21H2,1H3. The third-order valence-corrected chi connectivity index (χ3v) is 5.15. The average molecular weight is 326 g/mol. The van der Waals surface area contributed by atoms with E-state index in [1.54, 1.807) is 0 Å². The van der Waals surface area contributed by atoms with E-state index in [1.807, 2.05) is 24.0 Å². The van der Waals surface area contributed by atoms with Gasteiger partial charge < -0.3 is 15.4 Å². The van der Waals surface area contributed by atoms with Crippen LogP contribution in [-0.2, 0) is 16.1 Å². The molecule has 2 aromatic rings. The first-order valence-electron chi connectivity index (χ1n) is 8.73. The van der Waals surface area contributed by atoms with Crippen molar-refractivity contribution in [3.05, 3.63) is 48.0 Å². The molecule has 0 unspecified atom stereocenters. The molecule has 24 heavy (non-hydrogen) atoms. The first kappa shape index (κ1) is 16.9. The lowest BCUT2D eigenvalue weighted by Crippen LogP contribution is -2.50. The molecule has 0 aliphatic carbocycles. The van der Waals surface area contributed by atoms with Gasteiger partial charge >= 0.3 is 0 Å². The highest BCUT2D eigenvalue weighted by molar-refractivity contribution is 5.84. The van der Waals surface area contributed by atoms with Gasteiger partial charge in [0.25, 0.3) is 0 Å². The van der Waals surface area contributed by atoms with E-state index in [0.29, 0.717) is 32.8 Å². The summed E-state index contributed by atoms with van der Waals surface area (Å²) in [4.78, 5) is 15.1. The van der Waals surface area contributed by atoms with Crippen molar-refractivity contribution in [3.8, 4) is 0 Å². The molecular weight excluding hydrogens is 300 g/mol. The Kier molecular flexibility index (Phi) is 5.17. The minimum Gasteiger partial charge on any atom is -0.381 e. The lowest BCUT2D eigenvalue weighted by molar-refractivity contribution is -0.147. The quantitative estimate of drug-likeness (QED) is 0.919. The van der Waals surface area contributed by atoms with E-state index in [1.165, 1.54) is 10.8 Å². The van der Waals surface area contributed by atoms with Crippen molar-refractivity contribution in [2.75, 3.05) is 26.3 Å². The molecule has 128 valence electrons. The van der Waals surface area contributed by atoms with Gasteiger partial charge in [-0.25, -0.2) is 0 Å². The second-order valence-corrected chi connectivity index (χ2v) is 6.60. The number of nitrogens with two attached hydrogens (primary N) is 1. The monoisotopic (exact) mass is 326 g/mol. The predicted octanol–water partition coefficient (Wildman–Crippen LogP) is 2.94. The molecule has 0 aromatic heterocycles. The van der Waals surface area contributed by atoms with Crippen LogP contribution in [0, 0.1) is 5.41 Å². The lowest BCUT2D eigenvalue weighted by Gasteiger charge is -2.38. The molecule has 3 rings (SSSR count). The van der Waals surface area contributed by atoms with Crippen molar-refractivity contribution in [2.24, 2.45) is 11.1 Å². The lowest BCUT2D eigenvalue weighted by atomic mass is 9.78. The van der Waals surface area contributed by atoms with Crippen LogP contribution in [-0.4, -0.2) is 37.1 Å². The highest BCUT2D eigenvalue weighted by Crippen LogP contribution is 2.32. The molecule has 1 amide bonds. The predicted molar refractivity (Wildman–Crippen MR) is 96.6 cm³/mol. The SMILES string of the molecule is CCN(Cc1ccc2ccccc2c1)C(=O)C1(CN)CCOCC1. The highest BCUT2D eigenvalue weighted by atomic mass is 16.5. The fraction of sp³-hybridized carbons (Fsp3) is 0.450. The molecule has 2 N–H and O–H groups in total. The molecule has 0 radical (unpaired) electrons. The molecule has 0 bridgehead atoms. The van der Waals surface area contributed by atoms with Gasteiger partial charge in [0, 0.05) is 32.8 Å². The van der Waals surface area contributed by atoms with Crippen molar-refractivity contribution >= 4 is 16.7 Å². The van der Waals surface area contributed by atoms with Crippen LogP contribution in [0.5, 0.6) is 0 Å². The largest absolute Gasteiger partial charge is 0.381 e. The van der Waals surface area contributed by atoms with Crippen LogP contribution in [0.1, 0.15) is 25.3 Å². The molecule has 4 heteroatoms. The third kappa shape index (κ3) is 3.30. The van der Waals surface area contributed by atoms with Crippen molar-refractivity contribution in [1.82, 2.24) is 4.90 Å². The van der Waals surface area contributed by atoms with Crippen LogP contribution in [0.3, 0.4) is 0 Å². The zero-order valence-corrected chi connectivity index (χ0v) is 14.3. The van der Waals surface area contributed by atoms with Gasteiger partial charge in [-0.2, -0.15) is 0 Å². The molecule has 0 saturated carbocycles. The molecule has 1 aliphatic rings. The molecule has 1 fully saturated rings. The Morgan fingerprint density at radius 3 is 2.54 bits per heavy atom. The first-order chi connectivity index (χ1) is 11.7. The number of carbonyl (C=O) groups excluding carboxylic acids is 1. The smallest absolute Gasteiger partial charge is 0.230 e. The molecule has 1 saturated heterocycles. The van der Waals surface area contributed by atoms with Crippen LogP contribution in [0.25, 0.3) is 10.8 Å². The van der Waals surface area contributed by atoms with Gasteiger partial charge in [0.05, 0.1) is 5.41 Å². The summed E-state index contributed by atoms with van der Waals surface area (Å²) in [5, 5.41) is 2.43. The number of ether oxygens (including phenoxy) is 1. The number of nitrogens with zero attached hydrogens (tertiary/aromatic N) is 1. The fourth-order valence-corrected chi connectivity index (χ4v) is 3.49. The summed E-state index contributed by atoms with van der Waals surface area (Å²) in [5.74, 6) is 0.170. The van der Waals surface area contributed by atoms with Crippen LogP contribution in [0.4, 0.5) is 0 Å². The average Bonchev–Trinajstić information content (AvgIpc) is 2.66. The van der Waals surface area contributed by atoms with Gasteiger partial charge in [-0.3, -0.25) is 4.79 Å². The maximum atomic E-state index is 13.1. The Labute approximate surface area is 143 Å². The molecule has 0 atom stereocenters. The van der Waals surface area contributed by atoms with Gasteiger partial charge in [0.2, 0.25) is 5.91 Å². The zero-order chi connectivity index (χ0) is 17.0. The second kappa shape index (κ2) is 7.32. The van der Waals surface area contributed by atoms with E-state index in [-0.39, 0.29) is 5.91 Å². The Hall–Kier alpha value is -1.91. The Morgan fingerprint density at radius 1 is 1.17 bits per heavy atom. The van der Waals surface area contributed by atoms with Crippen LogP contribution >= 0.6 is 0 Å². The van der Waals surface area contributed by atoms with Crippen LogP contribution in [0.15, 0.2) is 42.5 Å². The van der Waals surface area contributed by atoms with Crippen LogP contribution < -0.4 is 5.73 Å². The van der Waals surface area contributed by atoms with E-state index in [4.69, 9.17) is 10.5 Å². The van der Waals surface area contributed by atoms with E-state index in [0.717, 1.165) is 18.4 Å². The zero-order valence-electron chi connectivity index (χ0n) is 14.3. The minimum atomic E-state index is -0.453. The minimum absolute atomic E-state index is 0.170. The van der Waals surface area contributed by atoms with E-state index < -0.39 is 5.41 Å². The summed E-state index contributed by atoms with van der Waals surface area (Å²) in [6.45, 7) is 4.98. The number of carbonyl (C=O) groups is 1. The number of hydrogen-bond donors (Lipinski definition) is 1. The van der Waals surface area contributed by atoms with Crippen molar-refractivity contribution in [3.63, 3.8) is 0 Å². The number of rotatable bonds is 5. The van der Waals surface area contributed by atoms with E-state index >= 15 is 0 Å². The van der Waals surface area contributed by atoms with Gasteiger partial charge in [-0.05, 0) is 42.2 Å². The molecule has 0 spiro atoms. The maximum absolute atomic E-state index is 13.1. The number of benzene rings is 2. The summed E-state index contributed by atoms with van der Waals surface area (Å²) in [7, 11) is 0. The fourth-order valence-electron chi connectivity index (χ4n) is 3.49. The molecule has 1 heterocycles. The Balaban J connectivity index is 1.80. The molecule has 4 nitrogen and oxygen atoms in total. The van der Waals surface area contributed by atoms with Gasteiger partial charge in [0.15, 0.2) is 0 Å². The van der Waals surface area contributed by atoms with Gasteiger partial charge in [0.1, 0.15) is 0 Å². The number of fused-ring (bicyclic) bond motifs is 1. The number of amides is 1. The second-order valence-electron chi connectivity index (χ2n) is 6.60. The molecule has 1 aliphatic heterocycles. The summed E-state index contributed by atoms with van der Waals surface area (Å²) in [6.07, 6.45) is 1.44. The number of hydrogen-bond acceptors (Lipinski definition) is 3. The summed E-state index contributed by atoms with van der Waals surface area (Å²) >= 11 is 0. The summed E-state index contributed by atoms with van der Waals surface area (Å²) in [6, 6.07) is 14.7. The topological polar surface area (TPSA) is 55.6 Å². The maximum Gasteiger partial charge on any atom is 0.230 e. The highest BCUT2D eigenvalue weighted by Gasteiger charge is 2.41. The third-order valence-electron chi connectivity index (χ3n) is 5.15. The molecular formula is C20H26N2O2. The van der Waals surface area contributed by atoms with Gasteiger partial charge in [-0.1, -0.05) is 36.4 Å².